The molecule has 2 aromatic rings. The fourth-order valence-electron chi connectivity index (χ4n) is 2.93. The van der Waals surface area contributed by atoms with Gasteiger partial charge in [-0.3, -0.25) is 9.80 Å². The van der Waals surface area contributed by atoms with E-state index in [0.29, 0.717) is 22.4 Å². The summed E-state index contributed by atoms with van der Waals surface area (Å²) in [7, 11) is 1.76. The van der Waals surface area contributed by atoms with Crippen LogP contribution in [0.1, 0.15) is 18.7 Å². The zero-order chi connectivity index (χ0) is 18.3. The summed E-state index contributed by atoms with van der Waals surface area (Å²) in [5, 5.41) is 8.58. The summed E-state index contributed by atoms with van der Waals surface area (Å²) in [6, 6.07) is 13.0. The number of hydrazine groups is 1. The molecule has 2 aliphatic rings. The second-order valence-corrected chi connectivity index (χ2v) is 6.44. The van der Waals surface area contributed by atoms with E-state index in [1.165, 1.54) is 6.92 Å². The Kier molecular flexibility index (Phi) is 4.18. The van der Waals surface area contributed by atoms with Gasteiger partial charge in [0.15, 0.2) is 17.3 Å². The molecule has 0 aliphatic carbocycles. The lowest BCUT2D eigenvalue weighted by molar-refractivity contribution is -0.112. The van der Waals surface area contributed by atoms with E-state index in [0.717, 1.165) is 11.3 Å². The minimum Gasteiger partial charge on any atom is -0.454 e. The second kappa shape index (κ2) is 6.51. The molecule has 7 nitrogen and oxygen atoms in total. The molecule has 0 unspecified atom stereocenters. The number of benzene rings is 2. The number of Topliss-reactive ketones (excluding diaryl/α,β-unsaturated/α-hetero) is 1. The van der Waals surface area contributed by atoms with Gasteiger partial charge in [-0.15, -0.1) is 5.10 Å². The molecule has 0 fully saturated rings. The molecular weight excluding hydrogens is 356 g/mol. The third-order valence-electron chi connectivity index (χ3n) is 4.20. The van der Waals surface area contributed by atoms with Crippen molar-refractivity contribution in [2.75, 3.05) is 18.8 Å². The summed E-state index contributed by atoms with van der Waals surface area (Å²) >= 11 is 6.01. The van der Waals surface area contributed by atoms with Gasteiger partial charge < -0.3 is 9.47 Å². The van der Waals surface area contributed by atoms with Crippen molar-refractivity contribution in [1.82, 2.24) is 10.4 Å². The molecule has 0 saturated heterocycles. The molecule has 1 N–H and O–H groups in total. The van der Waals surface area contributed by atoms with Crippen LogP contribution in [0.4, 0.5) is 5.69 Å². The van der Waals surface area contributed by atoms with Crippen LogP contribution in [0.15, 0.2) is 47.6 Å². The SMILES string of the molecule is CC(=O)C1=NN(c2ccc(Cl)cc2)[C@@H](c2ccc3c(c2)OCO3)NN1C. The van der Waals surface area contributed by atoms with Gasteiger partial charge in [-0.2, -0.15) is 0 Å². The fourth-order valence-corrected chi connectivity index (χ4v) is 3.06. The number of fused-ring (bicyclic) bond motifs is 1. The normalized spacial score (nSPS) is 18.7. The maximum atomic E-state index is 11.9. The van der Waals surface area contributed by atoms with Crippen molar-refractivity contribution in [1.29, 1.82) is 0 Å². The first kappa shape index (κ1) is 16.7. The van der Waals surface area contributed by atoms with E-state index < -0.39 is 0 Å². The number of anilines is 1. The Labute approximate surface area is 155 Å². The Hall–Kier alpha value is -2.77. The molecule has 0 bridgehead atoms. The van der Waals surface area contributed by atoms with Gasteiger partial charge in [0.05, 0.1) is 5.69 Å². The summed E-state index contributed by atoms with van der Waals surface area (Å²) in [5.74, 6) is 1.58. The molecule has 0 amide bonds. The molecule has 8 heteroatoms. The number of ether oxygens (including phenoxy) is 2. The summed E-state index contributed by atoms with van der Waals surface area (Å²) in [5.41, 5.74) is 5.02. The highest BCUT2D eigenvalue weighted by Crippen LogP contribution is 2.37. The summed E-state index contributed by atoms with van der Waals surface area (Å²) < 4.78 is 10.9. The standard InChI is InChI=1S/C18H17ClN4O3/c1-11(24)17-21-23(14-6-4-13(19)5-7-14)18(20-22(17)2)12-3-8-15-16(9-12)26-10-25-15/h3-9,18,20H,10H2,1-2H3/t18-/m0/s1. The van der Waals surface area contributed by atoms with Gasteiger partial charge in [0.1, 0.15) is 6.17 Å². The second-order valence-electron chi connectivity index (χ2n) is 6.00. The van der Waals surface area contributed by atoms with Crippen molar-refractivity contribution < 1.29 is 14.3 Å². The Bertz CT molecular complexity index is 885. The van der Waals surface area contributed by atoms with Crippen LogP contribution in [0.3, 0.4) is 0 Å². The molecule has 2 aromatic carbocycles. The summed E-state index contributed by atoms with van der Waals surface area (Å²) in [4.78, 5) is 11.9. The lowest BCUT2D eigenvalue weighted by atomic mass is 10.1. The molecule has 26 heavy (non-hydrogen) atoms. The quantitative estimate of drug-likeness (QED) is 0.893. The number of ketones is 1. The Morgan fingerprint density at radius 3 is 2.65 bits per heavy atom. The first-order valence-electron chi connectivity index (χ1n) is 8.07. The van der Waals surface area contributed by atoms with Crippen molar-refractivity contribution in [3.8, 4) is 11.5 Å². The molecule has 2 aliphatic heterocycles. The number of likely N-dealkylation sites (N-methyl/N-ethyl adjacent to an activating group) is 1. The zero-order valence-corrected chi connectivity index (χ0v) is 15.0. The minimum atomic E-state index is -0.334. The van der Waals surface area contributed by atoms with Crippen LogP contribution in [-0.4, -0.2) is 30.5 Å². The van der Waals surface area contributed by atoms with Crippen LogP contribution in [0, 0.1) is 0 Å². The van der Waals surface area contributed by atoms with Gasteiger partial charge in [-0.1, -0.05) is 17.7 Å². The Morgan fingerprint density at radius 2 is 1.92 bits per heavy atom. The molecule has 0 radical (unpaired) electrons. The molecule has 1 atom stereocenters. The number of carbonyl (C=O) groups is 1. The monoisotopic (exact) mass is 372 g/mol. The third-order valence-corrected chi connectivity index (χ3v) is 4.45. The Balaban J connectivity index is 1.78. The van der Waals surface area contributed by atoms with Crippen molar-refractivity contribution >= 4 is 28.9 Å². The predicted octanol–water partition coefficient (Wildman–Crippen LogP) is 2.93. The van der Waals surface area contributed by atoms with E-state index in [1.54, 1.807) is 29.2 Å². The molecule has 2 heterocycles. The molecule has 134 valence electrons. The number of hydrogen-bond donors (Lipinski definition) is 1. The number of hydrogen-bond acceptors (Lipinski definition) is 7. The van der Waals surface area contributed by atoms with E-state index in [9.17, 15) is 4.79 Å². The number of amidine groups is 1. The van der Waals surface area contributed by atoms with Gasteiger partial charge >= 0.3 is 0 Å². The average Bonchev–Trinajstić information content (AvgIpc) is 3.09. The molecule has 0 aromatic heterocycles. The largest absolute Gasteiger partial charge is 0.454 e. The van der Waals surface area contributed by atoms with E-state index in [4.69, 9.17) is 21.1 Å². The Morgan fingerprint density at radius 1 is 1.19 bits per heavy atom. The van der Waals surface area contributed by atoms with E-state index in [-0.39, 0.29) is 18.7 Å². The summed E-state index contributed by atoms with van der Waals surface area (Å²) in [6.45, 7) is 1.70. The number of nitrogens with zero attached hydrogens (tertiary/aromatic N) is 3. The minimum absolute atomic E-state index is 0.136. The zero-order valence-electron chi connectivity index (χ0n) is 14.3. The number of rotatable bonds is 3. The first-order chi connectivity index (χ1) is 12.5. The van der Waals surface area contributed by atoms with Crippen molar-refractivity contribution in [2.45, 2.75) is 13.1 Å². The van der Waals surface area contributed by atoms with E-state index in [1.807, 2.05) is 30.3 Å². The van der Waals surface area contributed by atoms with Crippen molar-refractivity contribution in [3.63, 3.8) is 0 Å². The number of hydrazone groups is 1. The molecular formula is C18H17ClN4O3. The lowest BCUT2D eigenvalue weighted by Gasteiger charge is -2.39. The highest BCUT2D eigenvalue weighted by Gasteiger charge is 2.31. The average molecular weight is 373 g/mol. The van der Waals surface area contributed by atoms with Crippen LogP contribution in [0.5, 0.6) is 11.5 Å². The number of carbonyl (C=O) groups excluding carboxylic acids is 1. The van der Waals surface area contributed by atoms with E-state index >= 15 is 0 Å². The number of halogens is 1. The van der Waals surface area contributed by atoms with Crippen LogP contribution >= 0.6 is 11.6 Å². The molecule has 0 saturated carbocycles. The summed E-state index contributed by atoms with van der Waals surface area (Å²) in [6.07, 6.45) is -0.334. The fraction of sp³-hybridized carbons (Fsp3) is 0.222. The topological polar surface area (TPSA) is 66.4 Å². The maximum absolute atomic E-state index is 11.9. The van der Waals surface area contributed by atoms with Crippen LogP contribution in [0.25, 0.3) is 0 Å². The predicted molar refractivity (Wildman–Crippen MR) is 98.3 cm³/mol. The van der Waals surface area contributed by atoms with Crippen molar-refractivity contribution in [2.24, 2.45) is 5.10 Å². The van der Waals surface area contributed by atoms with Crippen molar-refractivity contribution in [3.05, 3.63) is 53.1 Å². The van der Waals surface area contributed by atoms with Crippen LogP contribution < -0.4 is 19.9 Å². The first-order valence-corrected chi connectivity index (χ1v) is 8.44. The van der Waals surface area contributed by atoms with E-state index in [2.05, 4.69) is 10.5 Å². The molecule has 0 spiro atoms. The van der Waals surface area contributed by atoms with Gasteiger partial charge in [0, 0.05) is 19.0 Å². The van der Waals surface area contributed by atoms with Gasteiger partial charge in [0.25, 0.3) is 0 Å². The smallest absolute Gasteiger partial charge is 0.231 e. The maximum Gasteiger partial charge on any atom is 0.231 e. The third kappa shape index (κ3) is 2.95. The van der Waals surface area contributed by atoms with Gasteiger partial charge in [-0.05, 0) is 42.0 Å². The molecule has 4 rings (SSSR count). The van der Waals surface area contributed by atoms with Gasteiger partial charge in [0.2, 0.25) is 12.6 Å². The highest BCUT2D eigenvalue weighted by molar-refractivity contribution is 6.37. The lowest BCUT2D eigenvalue weighted by Crippen LogP contribution is -2.54. The number of nitrogens with one attached hydrogen (secondary N) is 1. The highest BCUT2D eigenvalue weighted by atomic mass is 35.5. The van der Waals surface area contributed by atoms with Gasteiger partial charge in [-0.25, -0.2) is 10.4 Å². The van der Waals surface area contributed by atoms with Crippen LogP contribution in [-0.2, 0) is 4.79 Å². The van der Waals surface area contributed by atoms with Crippen LogP contribution in [0.2, 0.25) is 5.02 Å².